The molecule has 0 rings (SSSR count). The van der Waals surface area contributed by atoms with Crippen LogP contribution in [-0.2, 0) is 4.74 Å². The molecule has 0 radical (unpaired) electrons. The molecule has 0 heterocycles. The van der Waals surface area contributed by atoms with Gasteiger partial charge < -0.3 is 4.74 Å². The number of rotatable bonds is 5. The number of hydrogen-bond acceptors (Lipinski definition) is 2. The monoisotopic (exact) mass is 178 g/mol. The summed E-state index contributed by atoms with van der Waals surface area (Å²) in [4.78, 5) is 10.3. The Morgan fingerprint density at radius 2 is 1.82 bits per heavy atom. The Labute approximate surface area is 72.9 Å². The Morgan fingerprint density at radius 1 is 1.36 bits per heavy atom. The lowest BCUT2D eigenvalue weighted by Gasteiger charge is -2.13. The summed E-state index contributed by atoms with van der Waals surface area (Å²) in [5.41, 5.74) is -0.683. The molecule has 0 unspecified atom stereocenters. The Hall–Kier alpha value is -0.240. The normalized spacial score (nSPS) is 10.2. The topological polar surface area (TPSA) is 26.3 Å². The number of carbonyl (C=O) groups is 1. The van der Waals surface area contributed by atoms with Gasteiger partial charge in [-0.2, -0.15) is 0 Å². The van der Waals surface area contributed by atoms with Gasteiger partial charge in [0, 0.05) is 11.6 Å². The van der Waals surface area contributed by atoms with Gasteiger partial charge in [-0.15, -0.1) is 0 Å². The Morgan fingerprint density at radius 3 is 2.09 bits per heavy atom. The molecule has 0 aliphatic heterocycles. The molecular weight excluding hydrogens is 164 g/mol. The molecule has 0 aromatic rings. The van der Waals surface area contributed by atoms with Crippen molar-refractivity contribution in [2.75, 3.05) is 0 Å². The zero-order chi connectivity index (χ0) is 8.69. The van der Waals surface area contributed by atoms with Crippen molar-refractivity contribution in [2.45, 2.75) is 45.6 Å². The van der Waals surface area contributed by atoms with E-state index in [1.807, 2.05) is 0 Å². The molecule has 0 saturated heterocycles. The van der Waals surface area contributed by atoms with Crippen LogP contribution in [0.2, 0.25) is 0 Å². The summed E-state index contributed by atoms with van der Waals surface area (Å²) in [7, 11) is 0. The van der Waals surface area contributed by atoms with Crippen LogP contribution in [-0.4, -0.2) is 11.5 Å². The highest BCUT2D eigenvalue weighted by molar-refractivity contribution is 6.61. The van der Waals surface area contributed by atoms with E-state index in [1.54, 1.807) is 0 Å². The first kappa shape index (κ1) is 10.8. The summed E-state index contributed by atoms with van der Waals surface area (Å²) in [6, 6.07) is 0. The zero-order valence-corrected chi connectivity index (χ0v) is 7.86. The highest BCUT2D eigenvalue weighted by Crippen LogP contribution is 2.10. The molecule has 0 saturated carbocycles. The van der Waals surface area contributed by atoms with Crippen LogP contribution < -0.4 is 0 Å². The van der Waals surface area contributed by atoms with Crippen molar-refractivity contribution in [3.8, 4) is 0 Å². The maximum atomic E-state index is 10.3. The van der Waals surface area contributed by atoms with Crippen LogP contribution in [0.5, 0.6) is 0 Å². The quantitative estimate of drug-likeness (QED) is 0.604. The van der Waals surface area contributed by atoms with Crippen LogP contribution in [0.25, 0.3) is 0 Å². The third-order valence-electron chi connectivity index (χ3n) is 1.48. The van der Waals surface area contributed by atoms with E-state index in [1.165, 1.54) is 0 Å². The van der Waals surface area contributed by atoms with Crippen LogP contribution in [0.3, 0.4) is 0 Å². The third kappa shape index (κ3) is 6.17. The second-order valence-corrected chi connectivity index (χ2v) is 2.86. The Kier molecular flexibility index (Phi) is 6.33. The molecule has 0 aromatic heterocycles. The van der Waals surface area contributed by atoms with E-state index in [0.717, 1.165) is 25.7 Å². The van der Waals surface area contributed by atoms with Crippen LogP contribution in [0.15, 0.2) is 0 Å². The molecule has 3 heteroatoms. The lowest BCUT2D eigenvalue weighted by molar-refractivity contribution is 0.109. The summed E-state index contributed by atoms with van der Waals surface area (Å²) in [6.07, 6.45) is 3.89. The molecule has 0 bridgehead atoms. The molecule has 0 aromatic carbocycles. The lowest BCUT2D eigenvalue weighted by atomic mass is 10.1. The fourth-order valence-electron chi connectivity index (χ4n) is 1.04. The molecule has 0 N–H and O–H groups in total. The second-order valence-electron chi connectivity index (χ2n) is 2.55. The van der Waals surface area contributed by atoms with E-state index in [4.69, 9.17) is 16.3 Å². The van der Waals surface area contributed by atoms with E-state index in [2.05, 4.69) is 13.8 Å². The van der Waals surface area contributed by atoms with Gasteiger partial charge >= 0.3 is 5.43 Å². The van der Waals surface area contributed by atoms with Crippen LogP contribution in [0, 0.1) is 0 Å². The highest BCUT2D eigenvalue weighted by atomic mass is 35.5. The predicted molar refractivity (Wildman–Crippen MR) is 45.9 cm³/mol. The number of hydrogen-bond donors (Lipinski definition) is 0. The minimum atomic E-state index is -0.683. The maximum absolute atomic E-state index is 10.3. The van der Waals surface area contributed by atoms with Crippen molar-refractivity contribution < 1.29 is 9.53 Å². The van der Waals surface area contributed by atoms with E-state index < -0.39 is 5.43 Å². The molecule has 0 fully saturated rings. The molecule has 11 heavy (non-hydrogen) atoms. The molecule has 66 valence electrons. The van der Waals surface area contributed by atoms with Gasteiger partial charge in [0.25, 0.3) is 0 Å². The van der Waals surface area contributed by atoms with Crippen molar-refractivity contribution in [1.82, 2.24) is 0 Å². The number of halogens is 1. The van der Waals surface area contributed by atoms with Gasteiger partial charge in [0.05, 0.1) is 0 Å². The second kappa shape index (κ2) is 6.47. The van der Waals surface area contributed by atoms with Crippen LogP contribution in [0.1, 0.15) is 39.5 Å². The molecule has 0 aliphatic rings. The van der Waals surface area contributed by atoms with Crippen molar-refractivity contribution in [1.29, 1.82) is 0 Å². The zero-order valence-electron chi connectivity index (χ0n) is 7.10. The first-order valence-corrected chi connectivity index (χ1v) is 4.44. The van der Waals surface area contributed by atoms with Crippen molar-refractivity contribution in [2.24, 2.45) is 0 Å². The first-order chi connectivity index (χ1) is 5.20. The molecule has 2 nitrogen and oxygen atoms in total. The summed E-state index contributed by atoms with van der Waals surface area (Å²) < 4.78 is 4.86. The Balaban J connectivity index is 3.59. The first-order valence-electron chi connectivity index (χ1n) is 4.06. The van der Waals surface area contributed by atoms with Crippen molar-refractivity contribution in [3.05, 3.63) is 0 Å². The standard InChI is InChI=1S/C8H15ClO2/c1-3-5-7(6-4-2)11-8(9)10/h7H,3-6H2,1-2H3. The number of carbonyl (C=O) groups excluding carboxylic acids is 1. The molecule has 0 amide bonds. The molecule has 0 aliphatic carbocycles. The van der Waals surface area contributed by atoms with Gasteiger partial charge in [-0.25, -0.2) is 4.79 Å². The largest absolute Gasteiger partial charge is 0.450 e. The fourth-order valence-corrected chi connectivity index (χ4v) is 1.16. The SMILES string of the molecule is CCCC(CCC)OC(=O)Cl. The van der Waals surface area contributed by atoms with Gasteiger partial charge in [-0.1, -0.05) is 26.7 Å². The highest BCUT2D eigenvalue weighted by Gasteiger charge is 2.09. The van der Waals surface area contributed by atoms with Gasteiger partial charge in [0.2, 0.25) is 0 Å². The smallest absolute Gasteiger partial charge is 0.404 e. The lowest BCUT2D eigenvalue weighted by Crippen LogP contribution is -2.13. The number of ether oxygens (including phenoxy) is 1. The minimum Gasteiger partial charge on any atom is -0.450 e. The maximum Gasteiger partial charge on any atom is 0.404 e. The predicted octanol–water partition coefficient (Wildman–Crippen LogP) is 3.33. The van der Waals surface area contributed by atoms with Crippen LogP contribution >= 0.6 is 11.6 Å². The van der Waals surface area contributed by atoms with Gasteiger partial charge in [0.15, 0.2) is 0 Å². The summed E-state index contributed by atoms with van der Waals surface area (Å²) in [6.45, 7) is 4.12. The third-order valence-corrected chi connectivity index (χ3v) is 1.57. The van der Waals surface area contributed by atoms with E-state index >= 15 is 0 Å². The summed E-state index contributed by atoms with van der Waals surface area (Å²) >= 11 is 5.08. The molecule has 0 atom stereocenters. The fraction of sp³-hybridized carbons (Fsp3) is 0.875. The van der Waals surface area contributed by atoms with Gasteiger partial charge in [-0.3, -0.25) is 0 Å². The van der Waals surface area contributed by atoms with Crippen molar-refractivity contribution in [3.63, 3.8) is 0 Å². The van der Waals surface area contributed by atoms with Gasteiger partial charge in [0.1, 0.15) is 6.10 Å². The Bertz CT molecular complexity index is 109. The summed E-state index contributed by atoms with van der Waals surface area (Å²) in [5, 5.41) is 0. The van der Waals surface area contributed by atoms with Gasteiger partial charge in [-0.05, 0) is 12.8 Å². The molecule has 0 spiro atoms. The molecular formula is C8H15ClO2. The van der Waals surface area contributed by atoms with E-state index in [-0.39, 0.29) is 6.10 Å². The van der Waals surface area contributed by atoms with Crippen molar-refractivity contribution >= 4 is 17.0 Å². The minimum absolute atomic E-state index is 0.0231. The average molecular weight is 179 g/mol. The van der Waals surface area contributed by atoms with Crippen LogP contribution in [0.4, 0.5) is 4.79 Å². The van der Waals surface area contributed by atoms with E-state index in [9.17, 15) is 4.79 Å². The van der Waals surface area contributed by atoms with E-state index in [0.29, 0.717) is 0 Å². The summed E-state index contributed by atoms with van der Waals surface area (Å²) in [5.74, 6) is 0. The average Bonchev–Trinajstić information content (AvgIpc) is 1.87.